The third-order valence-electron chi connectivity index (χ3n) is 3.42. The molecule has 1 heteroatoms. The highest BCUT2D eigenvalue weighted by atomic mass is 14.7. The van der Waals surface area contributed by atoms with Crippen LogP contribution in [0.25, 0.3) is 0 Å². The maximum atomic E-state index is 4.69. The number of aliphatic imine (C=N–C) groups is 1. The lowest BCUT2D eigenvalue weighted by Crippen LogP contribution is -2.00. The molecule has 0 spiro atoms. The third kappa shape index (κ3) is 4.64. The van der Waals surface area contributed by atoms with Crippen LogP contribution in [0.15, 0.2) is 17.1 Å². The second kappa shape index (κ2) is 7.35. The van der Waals surface area contributed by atoms with Crippen LogP contribution in [-0.2, 0) is 0 Å². The highest BCUT2D eigenvalue weighted by Gasteiger charge is 2.02. The third-order valence-corrected chi connectivity index (χ3v) is 3.42. The summed E-state index contributed by atoms with van der Waals surface area (Å²) in [5, 5.41) is 0. The zero-order valence-electron chi connectivity index (χ0n) is 12.6. The summed E-state index contributed by atoms with van der Waals surface area (Å²) in [6.07, 6.45) is 7.17. The van der Waals surface area contributed by atoms with Gasteiger partial charge in [0.1, 0.15) is 0 Å². The monoisotopic (exact) mass is 245 g/mol. The Kier molecular flexibility index (Phi) is 6.11. The van der Waals surface area contributed by atoms with Gasteiger partial charge in [-0.1, -0.05) is 43.9 Å². The van der Waals surface area contributed by atoms with Crippen molar-refractivity contribution in [2.75, 3.05) is 0 Å². The smallest absolute Gasteiger partial charge is 0.0471 e. The lowest BCUT2D eigenvalue weighted by Gasteiger charge is -2.09. The Morgan fingerprint density at radius 3 is 2.28 bits per heavy atom. The first-order chi connectivity index (χ1) is 8.54. The Balaban J connectivity index is 2.66. The molecule has 1 aromatic carbocycles. The summed E-state index contributed by atoms with van der Waals surface area (Å²) < 4.78 is 0. The number of unbranched alkanes of at least 4 members (excludes halogenated alkanes) is 2. The highest BCUT2D eigenvalue weighted by Crippen LogP contribution is 2.15. The molecule has 1 rings (SSSR count). The van der Waals surface area contributed by atoms with Gasteiger partial charge in [-0.15, -0.1) is 0 Å². The fourth-order valence-corrected chi connectivity index (χ4v) is 2.36. The van der Waals surface area contributed by atoms with E-state index in [9.17, 15) is 0 Å². The predicted molar refractivity (Wildman–Crippen MR) is 81.9 cm³/mol. The zero-order chi connectivity index (χ0) is 13.5. The van der Waals surface area contributed by atoms with E-state index in [1.54, 1.807) is 0 Å². The van der Waals surface area contributed by atoms with Gasteiger partial charge in [0.05, 0.1) is 0 Å². The van der Waals surface area contributed by atoms with Crippen LogP contribution < -0.4 is 0 Å². The number of nitrogens with zero attached hydrogens (tertiary/aromatic N) is 1. The molecule has 0 saturated carbocycles. The van der Waals surface area contributed by atoms with Gasteiger partial charge in [0, 0.05) is 12.3 Å². The minimum atomic E-state index is 0.441. The number of rotatable bonds is 6. The molecule has 1 nitrogen and oxygen atoms in total. The van der Waals surface area contributed by atoms with Gasteiger partial charge in [0.15, 0.2) is 0 Å². The van der Waals surface area contributed by atoms with Crippen LogP contribution in [0, 0.1) is 20.8 Å². The number of hydrogen-bond acceptors (Lipinski definition) is 1. The van der Waals surface area contributed by atoms with Crippen LogP contribution in [0.2, 0.25) is 0 Å². The fourth-order valence-electron chi connectivity index (χ4n) is 2.36. The summed E-state index contributed by atoms with van der Waals surface area (Å²) in [4.78, 5) is 4.69. The Morgan fingerprint density at radius 2 is 1.72 bits per heavy atom. The molecule has 0 fully saturated rings. The predicted octanol–water partition coefficient (Wildman–Crippen LogP) is 5.00. The quantitative estimate of drug-likeness (QED) is 0.494. The van der Waals surface area contributed by atoms with Crippen molar-refractivity contribution in [1.29, 1.82) is 0 Å². The molecule has 0 aliphatic rings. The fraction of sp³-hybridized carbons (Fsp3) is 0.588. The average Bonchev–Trinajstić information content (AvgIpc) is 2.27. The summed E-state index contributed by atoms with van der Waals surface area (Å²) in [6, 6.07) is 4.91. The van der Waals surface area contributed by atoms with E-state index in [4.69, 9.17) is 4.99 Å². The first kappa shape index (κ1) is 14.9. The molecular formula is C17H27N. The van der Waals surface area contributed by atoms with Crippen LogP contribution in [0.4, 0.5) is 0 Å². The van der Waals surface area contributed by atoms with Gasteiger partial charge < -0.3 is 0 Å². The second-order valence-electron chi connectivity index (χ2n) is 5.44. The van der Waals surface area contributed by atoms with Gasteiger partial charge in [0.2, 0.25) is 0 Å². The molecule has 1 atom stereocenters. The molecule has 0 heterocycles. The molecule has 1 aromatic rings. The molecule has 0 bridgehead atoms. The van der Waals surface area contributed by atoms with E-state index in [2.05, 4.69) is 53.0 Å². The van der Waals surface area contributed by atoms with Crippen molar-refractivity contribution in [3.8, 4) is 0 Å². The van der Waals surface area contributed by atoms with Gasteiger partial charge in [-0.05, 0) is 50.8 Å². The van der Waals surface area contributed by atoms with Crippen molar-refractivity contribution in [2.45, 2.75) is 66.3 Å². The molecule has 0 N–H and O–H groups in total. The topological polar surface area (TPSA) is 12.4 Å². The van der Waals surface area contributed by atoms with E-state index in [1.165, 1.54) is 47.9 Å². The molecule has 0 radical (unpaired) electrons. The minimum absolute atomic E-state index is 0.441. The van der Waals surface area contributed by atoms with Crippen molar-refractivity contribution in [3.05, 3.63) is 34.4 Å². The number of benzene rings is 1. The van der Waals surface area contributed by atoms with Gasteiger partial charge in [-0.3, -0.25) is 4.99 Å². The van der Waals surface area contributed by atoms with Gasteiger partial charge in [0.25, 0.3) is 0 Å². The molecule has 0 aromatic heterocycles. The lowest BCUT2D eigenvalue weighted by molar-refractivity contribution is 0.595. The molecule has 0 saturated heterocycles. The number of aryl methyl sites for hydroxylation is 3. The summed E-state index contributed by atoms with van der Waals surface area (Å²) in [5.74, 6) is 0. The van der Waals surface area contributed by atoms with Crippen molar-refractivity contribution < 1.29 is 0 Å². The summed E-state index contributed by atoms with van der Waals surface area (Å²) >= 11 is 0. The van der Waals surface area contributed by atoms with Gasteiger partial charge in [-0.2, -0.15) is 0 Å². The first-order valence-corrected chi connectivity index (χ1v) is 7.15. The first-order valence-electron chi connectivity index (χ1n) is 7.15. The van der Waals surface area contributed by atoms with Crippen LogP contribution in [0.5, 0.6) is 0 Å². The normalized spacial score (nSPS) is 13.2. The average molecular weight is 245 g/mol. The molecular weight excluding hydrogens is 218 g/mol. The molecule has 0 amide bonds. The van der Waals surface area contributed by atoms with Crippen LogP contribution in [0.1, 0.15) is 61.8 Å². The van der Waals surface area contributed by atoms with Gasteiger partial charge >= 0.3 is 0 Å². The Bertz CT molecular complexity index is 381. The molecule has 1 unspecified atom stereocenters. The largest absolute Gasteiger partial charge is 0.290 e. The van der Waals surface area contributed by atoms with E-state index in [0.717, 1.165) is 0 Å². The molecule has 100 valence electrons. The van der Waals surface area contributed by atoms with E-state index >= 15 is 0 Å². The summed E-state index contributed by atoms with van der Waals surface area (Å²) in [5.41, 5.74) is 5.29. The van der Waals surface area contributed by atoms with Gasteiger partial charge in [-0.25, -0.2) is 0 Å². The van der Waals surface area contributed by atoms with Crippen molar-refractivity contribution >= 4 is 6.21 Å². The van der Waals surface area contributed by atoms with E-state index in [-0.39, 0.29) is 0 Å². The Labute approximate surface area is 112 Å². The SMILES string of the molecule is CCCCCC(C)N=Cc1c(C)cc(C)cc1C. The number of hydrogen-bond donors (Lipinski definition) is 0. The minimum Gasteiger partial charge on any atom is -0.290 e. The highest BCUT2D eigenvalue weighted by molar-refractivity contribution is 5.84. The summed E-state index contributed by atoms with van der Waals surface area (Å²) in [6.45, 7) is 10.9. The summed E-state index contributed by atoms with van der Waals surface area (Å²) in [7, 11) is 0. The van der Waals surface area contributed by atoms with E-state index in [1.807, 2.05) is 0 Å². The Hall–Kier alpha value is -1.11. The molecule has 18 heavy (non-hydrogen) atoms. The molecule has 0 aliphatic carbocycles. The maximum Gasteiger partial charge on any atom is 0.0471 e. The van der Waals surface area contributed by atoms with E-state index in [0.29, 0.717) is 6.04 Å². The second-order valence-corrected chi connectivity index (χ2v) is 5.44. The van der Waals surface area contributed by atoms with Crippen LogP contribution >= 0.6 is 0 Å². The molecule has 0 aliphatic heterocycles. The van der Waals surface area contributed by atoms with Crippen molar-refractivity contribution in [1.82, 2.24) is 0 Å². The van der Waals surface area contributed by atoms with Crippen molar-refractivity contribution in [3.63, 3.8) is 0 Å². The van der Waals surface area contributed by atoms with Crippen LogP contribution in [0.3, 0.4) is 0 Å². The van der Waals surface area contributed by atoms with Crippen LogP contribution in [-0.4, -0.2) is 12.3 Å². The van der Waals surface area contributed by atoms with E-state index < -0.39 is 0 Å². The standard InChI is InChI=1S/C17H27N/c1-6-7-8-9-16(5)18-12-17-14(3)10-13(2)11-15(17)4/h10-12,16H,6-9H2,1-5H3. The lowest BCUT2D eigenvalue weighted by atomic mass is 10.0. The maximum absolute atomic E-state index is 4.69. The Morgan fingerprint density at radius 1 is 1.11 bits per heavy atom. The zero-order valence-corrected chi connectivity index (χ0v) is 12.6. The van der Waals surface area contributed by atoms with Crippen molar-refractivity contribution in [2.24, 2.45) is 4.99 Å².